The summed E-state index contributed by atoms with van der Waals surface area (Å²) in [6, 6.07) is 11.2. The summed E-state index contributed by atoms with van der Waals surface area (Å²) in [5.41, 5.74) is 8.22. The largest absolute Gasteiger partial charge is 0.382 e. The second-order valence-electron chi connectivity index (χ2n) is 6.88. The summed E-state index contributed by atoms with van der Waals surface area (Å²) in [5, 5.41) is 14.6. The van der Waals surface area contributed by atoms with Crippen molar-refractivity contribution in [2.45, 2.75) is 6.54 Å². The van der Waals surface area contributed by atoms with Crippen LogP contribution in [0.4, 0.5) is 15.9 Å². The Balaban J connectivity index is 1.47. The minimum Gasteiger partial charge on any atom is -0.382 e. The predicted molar refractivity (Wildman–Crippen MR) is 113 cm³/mol. The van der Waals surface area contributed by atoms with Gasteiger partial charge in [0.15, 0.2) is 17.3 Å². The van der Waals surface area contributed by atoms with E-state index in [0.29, 0.717) is 22.6 Å². The molecule has 33 heavy (non-hydrogen) atoms. The molecule has 1 amide bonds. The van der Waals surface area contributed by atoms with Gasteiger partial charge in [-0.3, -0.25) is 9.48 Å². The lowest BCUT2D eigenvalue weighted by Gasteiger charge is -2.07. The third-order valence-corrected chi connectivity index (χ3v) is 4.72. The van der Waals surface area contributed by atoms with Crippen molar-refractivity contribution in [3.8, 4) is 22.9 Å². The standard InChI is InChI=1S/C21H15FN8O3/c22-13-4-2-1-3-12(13)11-30-18(14-5-7-32-28-14)9-16(27-30)20-24-10-17(19(23)26-20)25-21(31)15-6-8-33-29-15/h1-10H,11H2,(H,25,31)(H2,23,24,26). The fourth-order valence-corrected chi connectivity index (χ4v) is 3.12. The molecule has 3 N–H and O–H groups in total. The van der Waals surface area contributed by atoms with Crippen LogP contribution in [0.25, 0.3) is 22.9 Å². The van der Waals surface area contributed by atoms with Gasteiger partial charge in [0.05, 0.1) is 18.4 Å². The van der Waals surface area contributed by atoms with Gasteiger partial charge in [-0.25, -0.2) is 14.4 Å². The second kappa shape index (κ2) is 8.34. The van der Waals surface area contributed by atoms with Crippen LogP contribution in [-0.2, 0) is 6.54 Å². The Kier molecular flexibility index (Phi) is 5.07. The molecule has 0 fully saturated rings. The van der Waals surface area contributed by atoms with Gasteiger partial charge in [-0.15, -0.1) is 0 Å². The summed E-state index contributed by atoms with van der Waals surface area (Å²) >= 11 is 0. The molecule has 0 saturated heterocycles. The van der Waals surface area contributed by atoms with E-state index in [9.17, 15) is 9.18 Å². The van der Waals surface area contributed by atoms with Gasteiger partial charge in [-0.05, 0) is 12.1 Å². The number of halogens is 1. The number of carbonyl (C=O) groups excluding carboxylic acids is 1. The number of nitrogens with one attached hydrogen (secondary N) is 1. The third-order valence-electron chi connectivity index (χ3n) is 4.72. The minimum absolute atomic E-state index is 0.0310. The maximum Gasteiger partial charge on any atom is 0.277 e. The Labute approximate surface area is 185 Å². The smallest absolute Gasteiger partial charge is 0.277 e. The van der Waals surface area contributed by atoms with Gasteiger partial charge in [-0.2, -0.15) is 5.10 Å². The highest BCUT2D eigenvalue weighted by Gasteiger charge is 2.18. The molecule has 4 aromatic heterocycles. The van der Waals surface area contributed by atoms with Gasteiger partial charge in [-0.1, -0.05) is 28.5 Å². The van der Waals surface area contributed by atoms with E-state index in [1.165, 1.54) is 30.9 Å². The maximum atomic E-state index is 14.2. The summed E-state index contributed by atoms with van der Waals surface area (Å²) < 4.78 is 25.4. The van der Waals surface area contributed by atoms with Crippen LogP contribution in [0.3, 0.4) is 0 Å². The van der Waals surface area contributed by atoms with Gasteiger partial charge in [0.2, 0.25) is 0 Å². The summed E-state index contributed by atoms with van der Waals surface area (Å²) in [4.78, 5) is 20.7. The highest BCUT2D eigenvalue weighted by atomic mass is 19.1. The van der Waals surface area contributed by atoms with Crippen molar-refractivity contribution in [3.63, 3.8) is 0 Å². The molecular weight excluding hydrogens is 431 g/mol. The first-order valence-corrected chi connectivity index (χ1v) is 9.65. The summed E-state index contributed by atoms with van der Waals surface area (Å²) in [6.07, 6.45) is 4.07. The number of hydrogen-bond donors (Lipinski definition) is 2. The van der Waals surface area contributed by atoms with E-state index in [0.717, 1.165) is 0 Å². The van der Waals surface area contributed by atoms with Crippen LogP contribution in [0.5, 0.6) is 0 Å². The molecule has 12 heteroatoms. The topological polar surface area (TPSA) is 151 Å². The van der Waals surface area contributed by atoms with E-state index in [2.05, 4.69) is 35.2 Å². The van der Waals surface area contributed by atoms with E-state index >= 15 is 0 Å². The number of aromatic nitrogens is 6. The Hall–Kier alpha value is -4.87. The van der Waals surface area contributed by atoms with Crippen LogP contribution in [0.15, 0.2) is 70.2 Å². The van der Waals surface area contributed by atoms with Crippen LogP contribution in [0, 0.1) is 5.82 Å². The van der Waals surface area contributed by atoms with E-state index in [1.807, 2.05) is 0 Å². The molecule has 0 spiro atoms. The lowest BCUT2D eigenvalue weighted by atomic mass is 10.2. The van der Waals surface area contributed by atoms with Crippen molar-refractivity contribution in [3.05, 3.63) is 78.3 Å². The Bertz CT molecular complexity index is 1410. The quantitative estimate of drug-likeness (QED) is 0.401. The molecule has 4 heterocycles. The van der Waals surface area contributed by atoms with Crippen LogP contribution >= 0.6 is 0 Å². The third kappa shape index (κ3) is 4.04. The van der Waals surface area contributed by atoms with Gasteiger partial charge < -0.3 is 20.1 Å². The number of nitrogens with two attached hydrogens (primary N) is 1. The number of nitrogens with zero attached hydrogens (tertiary/aromatic N) is 6. The Morgan fingerprint density at radius 1 is 1.09 bits per heavy atom. The number of carbonyl (C=O) groups is 1. The zero-order valence-corrected chi connectivity index (χ0v) is 16.8. The molecule has 5 rings (SSSR count). The van der Waals surface area contributed by atoms with Crippen molar-refractivity contribution in [1.82, 2.24) is 30.1 Å². The maximum absolute atomic E-state index is 14.2. The van der Waals surface area contributed by atoms with Crippen molar-refractivity contribution < 1.29 is 18.2 Å². The number of rotatable bonds is 6. The van der Waals surface area contributed by atoms with Crippen LogP contribution < -0.4 is 11.1 Å². The molecule has 5 aromatic rings. The normalized spacial score (nSPS) is 10.9. The zero-order valence-electron chi connectivity index (χ0n) is 16.8. The molecule has 164 valence electrons. The van der Waals surface area contributed by atoms with Crippen molar-refractivity contribution in [1.29, 1.82) is 0 Å². The highest BCUT2D eigenvalue weighted by molar-refractivity contribution is 6.03. The lowest BCUT2D eigenvalue weighted by molar-refractivity contribution is 0.101. The monoisotopic (exact) mass is 446 g/mol. The van der Waals surface area contributed by atoms with E-state index < -0.39 is 5.91 Å². The number of hydrogen-bond acceptors (Lipinski definition) is 9. The lowest BCUT2D eigenvalue weighted by Crippen LogP contribution is -2.14. The van der Waals surface area contributed by atoms with Gasteiger partial charge >= 0.3 is 0 Å². The first-order valence-electron chi connectivity index (χ1n) is 9.65. The Morgan fingerprint density at radius 3 is 2.64 bits per heavy atom. The molecule has 0 radical (unpaired) electrons. The predicted octanol–water partition coefficient (Wildman–Crippen LogP) is 3.01. The molecule has 0 aliphatic heterocycles. The minimum atomic E-state index is -0.519. The van der Waals surface area contributed by atoms with Gasteiger partial charge in [0, 0.05) is 17.7 Å². The molecule has 0 saturated carbocycles. The highest BCUT2D eigenvalue weighted by Crippen LogP contribution is 2.26. The van der Waals surface area contributed by atoms with Crippen molar-refractivity contribution in [2.75, 3.05) is 11.1 Å². The van der Waals surface area contributed by atoms with Gasteiger partial charge in [0.1, 0.15) is 35.4 Å². The van der Waals surface area contributed by atoms with Crippen LogP contribution in [0.1, 0.15) is 16.1 Å². The van der Waals surface area contributed by atoms with E-state index in [-0.39, 0.29) is 35.4 Å². The van der Waals surface area contributed by atoms with E-state index in [4.69, 9.17) is 10.3 Å². The molecular formula is C21H15FN8O3. The molecule has 11 nitrogen and oxygen atoms in total. The molecule has 1 aromatic carbocycles. The summed E-state index contributed by atoms with van der Waals surface area (Å²) in [7, 11) is 0. The number of nitrogen functional groups attached to an aromatic ring is 1. The molecule has 0 aliphatic rings. The summed E-state index contributed by atoms with van der Waals surface area (Å²) in [5.74, 6) is -0.630. The van der Waals surface area contributed by atoms with E-state index in [1.54, 1.807) is 35.0 Å². The summed E-state index contributed by atoms with van der Waals surface area (Å²) in [6.45, 7) is 0.149. The molecule has 0 bridgehead atoms. The SMILES string of the molecule is Nc1nc(-c2cc(-c3ccon3)n(Cc3ccccc3F)n2)ncc1NC(=O)c1ccon1. The first kappa shape index (κ1) is 20.1. The molecule has 0 atom stereocenters. The first-order chi connectivity index (χ1) is 16.1. The molecule has 0 aliphatic carbocycles. The average molecular weight is 446 g/mol. The average Bonchev–Trinajstić information content (AvgIpc) is 3.58. The fraction of sp³-hybridized carbons (Fsp3) is 0.0476. The fourth-order valence-electron chi connectivity index (χ4n) is 3.12. The van der Waals surface area contributed by atoms with Crippen LogP contribution in [-0.4, -0.2) is 36.0 Å². The number of anilines is 2. The zero-order chi connectivity index (χ0) is 22.8. The Morgan fingerprint density at radius 2 is 1.91 bits per heavy atom. The number of amides is 1. The second-order valence-corrected chi connectivity index (χ2v) is 6.88. The van der Waals surface area contributed by atoms with Crippen molar-refractivity contribution in [2.24, 2.45) is 0 Å². The number of benzene rings is 1. The van der Waals surface area contributed by atoms with Crippen molar-refractivity contribution >= 4 is 17.4 Å². The van der Waals surface area contributed by atoms with Gasteiger partial charge in [0.25, 0.3) is 5.91 Å². The van der Waals surface area contributed by atoms with Crippen LogP contribution in [0.2, 0.25) is 0 Å². The molecule has 0 unspecified atom stereocenters.